The van der Waals surface area contributed by atoms with Gasteiger partial charge >= 0.3 is 5.69 Å². The molecule has 2 aromatic heterocycles. The fraction of sp³-hybridized carbons (Fsp3) is 0.556. The van der Waals surface area contributed by atoms with E-state index in [1.165, 1.54) is 0 Å². The maximum Gasteiger partial charge on any atom is 0.345 e. The van der Waals surface area contributed by atoms with Crippen molar-refractivity contribution in [1.29, 1.82) is 0 Å². The van der Waals surface area contributed by atoms with Crippen LogP contribution in [-0.4, -0.2) is 42.2 Å². The first-order valence-electron chi connectivity index (χ1n) is 8.95. The normalized spacial score (nSPS) is 22.1. The quantitative estimate of drug-likeness (QED) is 0.844. The fourth-order valence-electron chi connectivity index (χ4n) is 4.00. The third kappa shape index (κ3) is 2.77. The van der Waals surface area contributed by atoms with Crippen LogP contribution in [0.5, 0.6) is 0 Å². The third-order valence-corrected chi connectivity index (χ3v) is 5.09. The summed E-state index contributed by atoms with van der Waals surface area (Å²) in [5.74, 6) is 1.13. The summed E-state index contributed by atoms with van der Waals surface area (Å²) in [5, 5.41) is 4.55. The number of hydrogen-bond donors (Lipinski definition) is 0. The molecular formula is C18H23N5O2. The maximum atomic E-state index is 12.9. The average molecular weight is 341 g/mol. The van der Waals surface area contributed by atoms with Crippen LogP contribution in [0.2, 0.25) is 0 Å². The molecule has 0 aromatic carbocycles. The van der Waals surface area contributed by atoms with Gasteiger partial charge in [0, 0.05) is 31.7 Å². The monoisotopic (exact) mass is 341 g/mol. The Morgan fingerprint density at radius 2 is 2.08 bits per heavy atom. The number of carbonyl (C=O) groups is 1. The molecule has 0 saturated carbocycles. The van der Waals surface area contributed by atoms with Crippen LogP contribution < -0.4 is 5.69 Å². The molecule has 0 aliphatic carbocycles. The van der Waals surface area contributed by atoms with Gasteiger partial charge in [-0.1, -0.05) is 19.9 Å². The van der Waals surface area contributed by atoms with Crippen molar-refractivity contribution >= 4 is 5.91 Å². The lowest BCUT2D eigenvalue weighted by molar-refractivity contribution is 0.0658. The van der Waals surface area contributed by atoms with Gasteiger partial charge in [-0.05, 0) is 30.9 Å². The maximum absolute atomic E-state index is 12.9. The predicted octanol–water partition coefficient (Wildman–Crippen LogP) is 1.33. The first-order chi connectivity index (χ1) is 12.0. The van der Waals surface area contributed by atoms with Crippen LogP contribution in [0.15, 0.2) is 29.2 Å². The van der Waals surface area contributed by atoms with Crippen LogP contribution in [0, 0.1) is 5.92 Å². The van der Waals surface area contributed by atoms with E-state index in [4.69, 9.17) is 0 Å². The van der Waals surface area contributed by atoms with E-state index in [1.54, 1.807) is 27.6 Å². The highest BCUT2D eigenvalue weighted by Crippen LogP contribution is 2.31. The van der Waals surface area contributed by atoms with Crippen LogP contribution in [0.4, 0.5) is 0 Å². The summed E-state index contributed by atoms with van der Waals surface area (Å²) in [6.45, 7) is 5.31. The lowest BCUT2D eigenvalue weighted by Crippen LogP contribution is -2.43. The number of amides is 1. The van der Waals surface area contributed by atoms with Crippen molar-refractivity contribution < 1.29 is 4.79 Å². The van der Waals surface area contributed by atoms with Crippen molar-refractivity contribution in [2.24, 2.45) is 5.92 Å². The average Bonchev–Trinajstić information content (AvgIpc) is 3.04. The highest BCUT2D eigenvalue weighted by molar-refractivity contribution is 5.93. The van der Waals surface area contributed by atoms with Crippen molar-refractivity contribution in [3.8, 4) is 0 Å². The zero-order valence-electron chi connectivity index (χ0n) is 14.6. The molecule has 2 unspecified atom stereocenters. The molecule has 7 heteroatoms. The molecule has 1 fully saturated rings. The van der Waals surface area contributed by atoms with Crippen molar-refractivity contribution in [1.82, 2.24) is 24.2 Å². The minimum atomic E-state index is -0.0542. The number of fused-ring (bicyclic) bond motifs is 3. The van der Waals surface area contributed by atoms with Crippen molar-refractivity contribution in [2.45, 2.75) is 58.3 Å². The Morgan fingerprint density at radius 1 is 1.28 bits per heavy atom. The molecule has 25 heavy (non-hydrogen) atoms. The van der Waals surface area contributed by atoms with E-state index in [0.717, 1.165) is 18.7 Å². The zero-order chi connectivity index (χ0) is 17.6. The van der Waals surface area contributed by atoms with Gasteiger partial charge in [-0.15, -0.1) is 0 Å². The second-order valence-corrected chi connectivity index (χ2v) is 7.40. The minimum Gasteiger partial charge on any atom is -0.329 e. The van der Waals surface area contributed by atoms with Crippen LogP contribution in [0.1, 0.15) is 43.0 Å². The van der Waals surface area contributed by atoms with Crippen molar-refractivity contribution in [3.63, 3.8) is 0 Å². The van der Waals surface area contributed by atoms with E-state index in [1.807, 2.05) is 11.0 Å². The molecule has 0 radical (unpaired) electrons. The van der Waals surface area contributed by atoms with E-state index < -0.39 is 0 Å². The van der Waals surface area contributed by atoms with Gasteiger partial charge in [-0.3, -0.25) is 14.3 Å². The first-order valence-corrected chi connectivity index (χ1v) is 8.95. The number of pyridine rings is 1. The molecule has 4 heterocycles. The smallest absolute Gasteiger partial charge is 0.329 e. The van der Waals surface area contributed by atoms with Gasteiger partial charge in [0.1, 0.15) is 11.5 Å². The summed E-state index contributed by atoms with van der Waals surface area (Å²) < 4.78 is 3.35. The molecule has 1 amide bonds. The van der Waals surface area contributed by atoms with Crippen molar-refractivity contribution in [2.75, 3.05) is 0 Å². The van der Waals surface area contributed by atoms with E-state index >= 15 is 0 Å². The molecule has 0 N–H and O–H groups in total. The summed E-state index contributed by atoms with van der Waals surface area (Å²) in [7, 11) is 0. The molecule has 4 rings (SSSR count). The fourth-order valence-corrected chi connectivity index (χ4v) is 4.00. The molecule has 1 saturated heterocycles. The topological polar surface area (TPSA) is 73.0 Å². The summed E-state index contributed by atoms with van der Waals surface area (Å²) in [6, 6.07) is 5.52. The van der Waals surface area contributed by atoms with E-state index in [0.29, 0.717) is 31.1 Å². The largest absolute Gasteiger partial charge is 0.345 e. The zero-order valence-corrected chi connectivity index (χ0v) is 14.6. The summed E-state index contributed by atoms with van der Waals surface area (Å²) in [5.41, 5.74) is 0.414. The van der Waals surface area contributed by atoms with Gasteiger partial charge in [0.15, 0.2) is 0 Å². The molecule has 2 atom stereocenters. The lowest BCUT2D eigenvalue weighted by Gasteiger charge is -2.27. The Bertz CT molecular complexity index is 839. The molecule has 7 nitrogen and oxygen atoms in total. The minimum absolute atomic E-state index is 0.0372. The Hall–Kier alpha value is -2.44. The molecule has 0 spiro atoms. The second kappa shape index (κ2) is 6.13. The van der Waals surface area contributed by atoms with Gasteiger partial charge in [-0.2, -0.15) is 5.10 Å². The summed E-state index contributed by atoms with van der Waals surface area (Å²) in [6.07, 6.45) is 4.15. The Balaban J connectivity index is 1.64. The van der Waals surface area contributed by atoms with Gasteiger partial charge in [0.05, 0.1) is 6.04 Å². The van der Waals surface area contributed by atoms with Gasteiger partial charge in [-0.25, -0.2) is 9.48 Å². The number of nitrogens with zero attached hydrogens (tertiary/aromatic N) is 5. The lowest BCUT2D eigenvalue weighted by atomic mass is 10.1. The van der Waals surface area contributed by atoms with Gasteiger partial charge in [0.2, 0.25) is 0 Å². The Morgan fingerprint density at radius 3 is 2.80 bits per heavy atom. The van der Waals surface area contributed by atoms with Crippen molar-refractivity contribution in [3.05, 3.63) is 46.4 Å². The molecular weight excluding hydrogens is 318 g/mol. The van der Waals surface area contributed by atoms with Gasteiger partial charge < -0.3 is 4.90 Å². The summed E-state index contributed by atoms with van der Waals surface area (Å²) in [4.78, 5) is 31.7. The van der Waals surface area contributed by atoms with Crippen LogP contribution in [0.25, 0.3) is 0 Å². The standard InChI is InChI=1S/C18H23N5O2/c1-12(2)10-22-18(25)21-11-14-7-6-13(9-16(21)20-22)23(14)17(24)15-5-3-4-8-19-15/h3-5,8,12-14H,6-7,9-11H2,1-2H3. The molecule has 132 valence electrons. The van der Waals surface area contributed by atoms with E-state index in [9.17, 15) is 9.59 Å². The highest BCUT2D eigenvalue weighted by atomic mass is 16.2. The van der Waals surface area contributed by atoms with Gasteiger partial charge in [0.25, 0.3) is 5.91 Å². The summed E-state index contributed by atoms with van der Waals surface area (Å²) >= 11 is 0. The van der Waals surface area contributed by atoms with Crippen LogP contribution >= 0.6 is 0 Å². The van der Waals surface area contributed by atoms with E-state index in [-0.39, 0.29) is 23.7 Å². The third-order valence-electron chi connectivity index (χ3n) is 5.09. The Kier molecular flexibility index (Phi) is 3.94. The molecule has 2 aliphatic heterocycles. The SMILES string of the molecule is CC(C)Cn1nc2n(c1=O)CC1CCC(C2)N1C(=O)c1ccccn1. The van der Waals surface area contributed by atoms with Crippen LogP contribution in [0.3, 0.4) is 0 Å². The molecule has 2 aliphatic rings. The van der Waals surface area contributed by atoms with E-state index in [2.05, 4.69) is 23.9 Å². The number of rotatable bonds is 3. The predicted molar refractivity (Wildman–Crippen MR) is 92.2 cm³/mol. The van der Waals surface area contributed by atoms with Crippen LogP contribution in [-0.2, 0) is 19.5 Å². The highest BCUT2D eigenvalue weighted by Gasteiger charge is 2.41. The number of carbonyl (C=O) groups excluding carboxylic acids is 1. The molecule has 2 bridgehead atoms. The number of hydrogen-bond acceptors (Lipinski definition) is 4. The Labute approximate surface area is 146 Å². The number of aromatic nitrogens is 4. The second-order valence-electron chi connectivity index (χ2n) is 7.40. The molecule has 2 aromatic rings. The first kappa shape index (κ1) is 16.1.